The van der Waals surface area contributed by atoms with Crippen molar-refractivity contribution in [1.82, 2.24) is 9.55 Å². The van der Waals surface area contributed by atoms with E-state index in [2.05, 4.69) is 36.9 Å². The van der Waals surface area contributed by atoms with Gasteiger partial charge in [0.05, 0.1) is 18.4 Å². The number of hydrogen-bond acceptors (Lipinski definition) is 2. The van der Waals surface area contributed by atoms with Crippen molar-refractivity contribution in [3.05, 3.63) is 47.0 Å². The second kappa shape index (κ2) is 4.49. The molecule has 2 heterocycles. The summed E-state index contributed by atoms with van der Waals surface area (Å²) in [4.78, 5) is 4.15. The molecular weight excluding hydrogens is 254 g/mol. The molecule has 0 aliphatic heterocycles. The van der Waals surface area contributed by atoms with Gasteiger partial charge in [0.1, 0.15) is 4.60 Å². The van der Waals surface area contributed by atoms with Crippen molar-refractivity contribution < 1.29 is 0 Å². The zero-order valence-electron chi connectivity index (χ0n) is 8.44. The van der Waals surface area contributed by atoms with Crippen molar-refractivity contribution in [2.24, 2.45) is 7.05 Å². The van der Waals surface area contributed by atoms with Crippen molar-refractivity contribution in [2.45, 2.75) is 6.54 Å². The van der Waals surface area contributed by atoms with Crippen LogP contribution in [0.1, 0.15) is 5.69 Å². The second-order valence-electron chi connectivity index (χ2n) is 3.33. The van der Waals surface area contributed by atoms with Gasteiger partial charge in [-0.3, -0.25) is 0 Å². The van der Waals surface area contributed by atoms with E-state index >= 15 is 0 Å². The standard InChI is InChI=1S/C11H12BrN3/c1-15-6-2-3-10(15)8-13-9-4-5-11(12)14-7-9/h2-7,13H,8H2,1H3. The molecule has 0 aliphatic rings. The third kappa shape index (κ3) is 2.59. The normalized spacial score (nSPS) is 10.3. The molecule has 0 radical (unpaired) electrons. The Balaban J connectivity index is 1.99. The number of pyridine rings is 1. The van der Waals surface area contributed by atoms with Gasteiger partial charge in [-0.1, -0.05) is 0 Å². The molecule has 78 valence electrons. The Kier molecular flexibility index (Phi) is 3.06. The largest absolute Gasteiger partial charge is 0.378 e. The van der Waals surface area contributed by atoms with Crippen LogP contribution in [0.3, 0.4) is 0 Å². The fraction of sp³-hybridized carbons (Fsp3) is 0.182. The van der Waals surface area contributed by atoms with Crippen LogP contribution < -0.4 is 5.32 Å². The van der Waals surface area contributed by atoms with Gasteiger partial charge < -0.3 is 9.88 Å². The van der Waals surface area contributed by atoms with E-state index in [0.717, 1.165) is 16.8 Å². The van der Waals surface area contributed by atoms with E-state index in [9.17, 15) is 0 Å². The summed E-state index contributed by atoms with van der Waals surface area (Å²) in [6.45, 7) is 0.812. The van der Waals surface area contributed by atoms with E-state index in [1.807, 2.05) is 37.6 Å². The number of aryl methyl sites for hydroxylation is 1. The predicted octanol–water partition coefficient (Wildman–Crippen LogP) is 2.79. The lowest BCUT2D eigenvalue weighted by atomic mass is 10.4. The number of anilines is 1. The Hall–Kier alpha value is -1.29. The molecule has 0 aliphatic carbocycles. The van der Waals surface area contributed by atoms with E-state index in [-0.39, 0.29) is 0 Å². The van der Waals surface area contributed by atoms with Crippen LogP contribution in [0.15, 0.2) is 41.3 Å². The van der Waals surface area contributed by atoms with E-state index in [4.69, 9.17) is 0 Å². The molecule has 0 atom stereocenters. The number of hydrogen-bond donors (Lipinski definition) is 1. The van der Waals surface area contributed by atoms with Gasteiger partial charge >= 0.3 is 0 Å². The van der Waals surface area contributed by atoms with Gasteiger partial charge in [-0.15, -0.1) is 0 Å². The Morgan fingerprint density at radius 2 is 2.27 bits per heavy atom. The highest BCUT2D eigenvalue weighted by molar-refractivity contribution is 9.10. The van der Waals surface area contributed by atoms with Gasteiger partial charge in [0.2, 0.25) is 0 Å². The predicted molar refractivity (Wildman–Crippen MR) is 64.7 cm³/mol. The summed E-state index contributed by atoms with van der Waals surface area (Å²) >= 11 is 3.30. The summed E-state index contributed by atoms with van der Waals surface area (Å²) in [6.07, 6.45) is 3.85. The monoisotopic (exact) mass is 265 g/mol. The van der Waals surface area contributed by atoms with Crippen molar-refractivity contribution in [1.29, 1.82) is 0 Å². The lowest BCUT2D eigenvalue weighted by Gasteiger charge is -2.06. The molecule has 2 aromatic rings. The first-order valence-electron chi connectivity index (χ1n) is 4.71. The maximum atomic E-state index is 4.15. The van der Waals surface area contributed by atoms with E-state index in [1.54, 1.807) is 0 Å². The number of aromatic nitrogens is 2. The van der Waals surface area contributed by atoms with Crippen LogP contribution in [0.25, 0.3) is 0 Å². The maximum absolute atomic E-state index is 4.15. The highest BCUT2D eigenvalue weighted by Gasteiger charge is 1.97. The Morgan fingerprint density at radius 1 is 1.40 bits per heavy atom. The summed E-state index contributed by atoms with van der Waals surface area (Å²) in [5.41, 5.74) is 2.28. The minimum Gasteiger partial charge on any atom is -0.378 e. The molecule has 0 saturated heterocycles. The van der Waals surface area contributed by atoms with Crippen molar-refractivity contribution in [2.75, 3.05) is 5.32 Å². The SMILES string of the molecule is Cn1cccc1CNc1ccc(Br)nc1. The zero-order valence-corrected chi connectivity index (χ0v) is 10.0. The molecule has 2 rings (SSSR count). The van der Waals surface area contributed by atoms with Gasteiger partial charge in [0.25, 0.3) is 0 Å². The van der Waals surface area contributed by atoms with Crippen LogP contribution in [0.5, 0.6) is 0 Å². The van der Waals surface area contributed by atoms with Gasteiger partial charge in [-0.05, 0) is 40.2 Å². The molecular formula is C11H12BrN3. The topological polar surface area (TPSA) is 29.9 Å². The molecule has 0 bridgehead atoms. The smallest absolute Gasteiger partial charge is 0.106 e. The van der Waals surface area contributed by atoms with Crippen LogP contribution >= 0.6 is 15.9 Å². The van der Waals surface area contributed by atoms with Crippen LogP contribution in [0.4, 0.5) is 5.69 Å². The van der Waals surface area contributed by atoms with Crippen LogP contribution in [0.2, 0.25) is 0 Å². The number of halogens is 1. The zero-order chi connectivity index (χ0) is 10.7. The molecule has 2 aromatic heterocycles. The Morgan fingerprint density at radius 3 is 2.87 bits per heavy atom. The van der Waals surface area contributed by atoms with E-state index in [0.29, 0.717) is 0 Å². The quantitative estimate of drug-likeness (QED) is 0.866. The fourth-order valence-corrected chi connectivity index (χ4v) is 1.59. The first kappa shape index (κ1) is 10.2. The van der Waals surface area contributed by atoms with E-state index < -0.39 is 0 Å². The molecule has 0 saturated carbocycles. The molecule has 0 unspecified atom stereocenters. The third-order valence-electron chi connectivity index (χ3n) is 2.25. The molecule has 0 aromatic carbocycles. The lowest BCUT2D eigenvalue weighted by molar-refractivity contribution is 0.842. The minimum atomic E-state index is 0.812. The highest BCUT2D eigenvalue weighted by atomic mass is 79.9. The van der Waals surface area contributed by atoms with Crippen molar-refractivity contribution in [3.63, 3.8) is 0 Å². The summed E-state index contributed by atoms with van der Waals surface area (Å²) in [5.74, 6) is 0. The molecule has 3 nitrogen and oxygen atoms in total. The van der Waals surface area contributed by atoms with Crippen LogP contribution in [0, 0.1) is 0 Å². The molecule has 0 fully saturated rings. The number of nitrogens with one attached hydrogen (secondary N) is 1. The van der Waals surface area contributed by atoms with Crippen molar-refractivity contribution in [3.8, 4) is 0 Å². The summed E-state index contributed by atoms with van der Waals surface area (Å²) in [6, 6.07) is 8.06. The van der Waals surface area contributed by atoms with Gasteiger partial charge in [0, 0.05) is 18.9 Å². The number of rotatable bonds is 3. The molecule has 4 heteroatoms. The van der Waals surface area contributed by atoms with Crippen LogP contribution in [-0.4, -0.2) is 9.55 Å². The van der Waals surface area contributed by atoms with Gasteiger partial charge in [0.15, 0.2) is 0 Å². The lowest BCUT2D eigenvalue weighted by Crippen LogP contribution is -2.03. The minimum absolute atomic E-state index is 0.812. The first-order chi connectivity index (χ1) is 7.25. The fourth-order valence-electron chi connectivity index (χ4n) is 1.35. The van der Waals surface area contributed by atoms with Gasteiger partial charge in [-0.25, -0.2) is 4.98 Å². The highest BCUT2D eigenvalue weighted by Crippen LogP contribution is 2.11. The summed E-state index contributed by atoms with van der Waals surface area (Å²) < 4.78 is 2.95. The molecule has 15 heavy (non-hydrogen) atoms. The average Bonchev–Trinajstić information content (AvgIpc) is 2.63. The van der Waals surface area contributed by atoms with Crippen LogP contribution in [-0.2, 0) is 13.6 Å². The average molecular weight is 266 g/mol. The maximum Gasteiger partial charge on any atom is 0.106 e. The Labute approximate surface area is 97.3 Å². The number of nitrogens with zero attached hydrogens (tertiary/aromatic N) is 2. The summed E-state index contributed by atoms with van der Waals surface area (Å²) in [7, 11) is 2.04. The first-order valence-corrected chi connectivity index (χ1v) is 5.50. The third-order valence-corrected chi connectivity index (χ3v) is 2.72. The molecule has 0 spiro atoms. The summed E-state index contributed by atoms with van der Waals surface area (Å²) in [5, 5.41) is 3.31. The van der Waals surface area contributed by atoms with Crippen molar-refractivity contribution >= 4 is 21.6 Å². The van der Waals surface area contributed by atoms with Gasteiger partial charge in [-0.2, -0.15) is 0 Å². The molecule has 0 amide bonds. The van der Waals surface area contributed by atoms with E-state index in [1.165, 1.54) is 5.69 Å². The Bertz CT molecular complexity index is 433. The molecule has 1 N–H and O–H groups in total. The second-order valence-corrected chi connectivity index (χ2v) is 4.15.